The van der Waals surface area contributed by atoms with E-state index in [-0.39, 0.29) is 18.6 Å². The maximum absolute atomic E-state index is 11.2. The van der Waals surface area contributed by atoms with E-state index >= 15 is 0 Å². The Balaban J connectivity index is 2.07. The van der Waals surface area contributed by atoms with Crippen molar-refractivity contribution in [1.29, 1.82) is 0 Å². The number of carbonyl (C=O) groups is 1. The van der Waals surface area contributed by atoms with Crippen LogP contribution in [0, 0.1) is 0 Å². The predicted octanol–water partition coefficient (Wildman–Crippen LogP) is 0.424. The lowest BCUT2D eigenvalue weighted by Crippen LogP contribution is -2.31. The summed E-state index contributed by atoms with van der Waals surface area (Å²) >= 11 is 0. The van der Waals surface area contributed by atoms with Crippen molar-refractivity contribution in [2.75, 3.05) is 13.2 Å². The molecule has 15 heavy (non-hydrogen) atoms. The third kappa shape index (κ3) is 5.17. The van der Waals surface area contributed by atoms with Crippen LogP contribution in [0.15, 0.2) is 18.5 Å². The second kappa shape index (κ2) is 6.19. The van der Waals surface area contributed by atoms with Crippen LogP contribution in [0.4, 0.5) is 0 Å². The van der Waals surface area contributed by atoms with E-state index in [1.807, 2.05) is 26.1 Å². The minimum Gasteiger partial charge on any atom is -0.369 e. The molecule has 0 aliphatic rings. The van der Waals surface area contributed by atoms with Gasteiger partial charge in [-0.15, -0.1) is 0 Å². The summed E-state index contributed by atoms with van der Waals surface area (Å²) in [6.07, 6.45) is 3.65. The zero-order valence-electron chi connectivity index (χ0n) is 9.14. The van der Waals surface area contributed by atoms with Crippen LogP contribution in [0.25, 0.3) is 0 Å². The van der Waals surface area contributed by atoms with E-state index in [1.165, 1.54) is 0 Å². The summed E-state index contributed by atoms with van der Waals surface area (Å²) in [6.45, 7) is 5.17. The zero-order chi connectivity index (χ0) is 11.1. The third-order valence-corrected chi connectivity index (χ3v) is 1.77. The summed E-state index contributed by atoms with van der Waals surface area (Å²) in [6, 6.07) is 1.85. The molecule has 1 N–H and O–H groups in total. The van der Waals surface area contributed by atoms with E-state index in [0.29, 0.717) is 13.1 Å². The molecule has 1 aromatic heterocycles. The highest BCUT2D eigenvalue weighted by molar-refractivity contribution is 5.77. The molecule has 0 fully saturated rings. The first-order valence-corrected chi connectivity index (χ1v) is 5.04. The molecule has 0 aliphatic carbocycles. The molecule has 0 unspecified atom stereocenters. The molecular weight excluding hydrogens is 194 g/mol. The first kappa shape index (κ1) is 11.7. The predicted molar refractivity (Wildman–Crippen MR) is 56.3 cm³/mol. The lowest BCUT2D eigenvalue weighted by Gasteiger charge is -2.08. The Morgan fingerprint density at radius 3 is 3.00 bits per heavy atom. The molecule has 1 heterocycles. The average molecular weight is 211 g/mol. The lowest BCUT2D eigenvalue weighted by molar-refractivity contribution is -0.127. The molecule has 0 aromatic carbocycles. The monoisotopic (exact) mass is 211 g/mol. The van der Waals surface area contributed by atoms with Crippen molar-refractivity contribution in [2.45, 2.75) is 26.5 Å². The number of amides is 1. The molecule has 0 aliphatic heterocycles. The van der Waals surface area contributed by atoms with Gasteiger partial charge in [0.25, 0.3) is 0 Å². The van der Waals surface area contributed by atoms with Crippen LogP contribution in [0.5, 0.6) is 0 Å². The number of aromatic nitrogens is 2. The van der Waals surface area contributed by atoms with Gasteiger partial charge < -0.3 is 10.1 Å². The van der Waals surface area contributed by atoms with Gasteiger partial charge in [0.05, 0.1) is 12.6 Å². The van der Waals surface area contributed by atoms with Crippen LogP contribution in [-0.4, -0.2) is 34.9 Å². The summed E-state index contributed by atoms with van der Waals surface area (Å²) in [7, 11) is 0. The smallest absolute Gasteiger partial charge is 0.246 e. The average Bonchev–Trinajstić information content (AvgIpc) is 2.67. The summed E-state index contributed by atoms with van der Waals surface area (Å²) in [4.78, 5) is 11.2. The van der Waals surface area contributed by atoms with Crippen LogP contribution in [0.2, 0.25) is 0 Å². The molecule has 0 atom stereocenters. The van der Waals surface area contributed by atoms with Gasteiger partial charge in [0.15, 0.2) is 0 Å². The Kier molecular flexibility index (Phi) is 4.83. The summed E-state index contributed by atoms with van der Waals surface area (Å²) in [5, 5.41) is 6.77. The van der Waals surface area contributed by atoms with Crippen LogP contribution in [-0.2, 0) is 16.1 Å². The van der Waals surface area contributed by atoms with Gasteiger partial charge >= 0.3 is 0 Å². The molecule has 1 amide bonds. The van der Waals surface area contributed by atoms with Gasteiger partial charge in [0, 0.05) is 18.9 Å². The maximum Gasteiger partial charge on any atom is 0.246 e. The largest absolute Gasteiger partial charge is 0.369 e. The Morgan fingerprint density at radius 1 is 1.60 bits per heavy atom. The second-order valence-electron chi connectivity index (χ2n) is 3.48. The highest BCUT2D eigenvalue weighted by Gasteiger charge is 2.02. The molecular formula is C10H17N3O2. The van der Waals surface area contributed by atoms with E-state index in [4.69, 9.17) is 4.74 Å². The van der Waals surface area contributed by atoms with E-state index in [2.05, 4.69) is 10.4 Å². The Labute approximate surface area is 89.4 Å². The SMILES string of the molecule is CC(C)OCC(=O)NCCn1cccn1. The summed E-state index contributed by atoms with van der Waals surface area (Å²) in [5.74, 6) is -0.0872. The van der Waals surface area contributed by atoms with Crippen molar-refractivity contribution >= 4 is 5.91 Å². The quantitative estimate of drug-likeness (QED) is 0.742. The molecule has 1 aromatic rings. The molecule has 1 rings (SSSR count). The van der Waals surface area contributed by atoms with E-state index in [9.17, 15) is 4.79 Å². The van der Waals surface area contributed by atoms with Gasteiger partial charge in [-0.05, 0) is 19.9 Å². The molecule has 0 radical (unpaired) electrons. The minimum absolute atomic E-state index is 0.0851. The van der Waals surface area contributed by atoms with Gasteiger partial charge in [-0.3, -0.25) is 9.48 Å². The van der Waals surface area contributed by atoms with Crippen molar-refractivity contribution < 1.29 is 9.53 Å². The Hall–Kier alpha value is -1.36. The summed E-state index contributed by atoms with van der Waals surface area (Å²) in [5.41, 5.74) is 0. The van der Waals surface area contributed by atoms with Crippen LogP contribution >= 0.6 is 0 Å². The molecule has 5 heteroatoms. The Morgan fingerprint density at radius 2 is 2.40 bits per heavy atom. The number of carbonyl (C=O) groups excluding carboxylic acids is 1. The number of hydrogen-bond acceptors (Lipinski definition) is 3. The number of ether oxygens (including phenoxy) is 1. The normalized spacial score (nSPS) is 10.6. The second-order valence-corrected chi connectivity index (χ2v) is 3.48. The number of rotatable bonds is 6. The fourth-order valence-corrected chi connectivity index (χ4v) is 1.04. The molecule has 5 nitrogen and oxygen atoms in total. The molecule has 0 saturated heterocycles. The molecule has 0 saturated carbocycles. The van der Waals surface area contributed by atoms with Gasteiger partial charge in [0.1, 0.15) is 6.61 Å². The third-order valence-electron chi connectivity index (χ3n) is 1.77. The van der Waals surface area contributed by atoms with Gasteiger partial charge in [0.2, 0.25) is 5.91 Å². The van der Waals surface area contributed by atoms with Crippen LogP contribution in [0.3, 0.4) is 0 Å². The lowest BCUT2D eigenvalue weighted by atomic mass is 10.5. The van der Waals surface area contributed by atoms with Crippen molar-refractivity contribution in [2.24, 2.45) is 0 Å². The van der Waals surface area contributed by atoms with Gasteiger partial charge in [-0.1, -0.05) is 0 Å². The van der Waals surface area contributed by atoms with Crippen molar-refractivity contribution in [3.8, 4) is 0 Å². The standard InChI is InChI=1S/C10H17N3O2/c1-9(2)15-8-10(14)11-5-7-13-6-3-4-12-13/h3-4,6,9H,5,7-8H2,1-2H3,(H,11,14). The van der Waals surface area contributed by atoms with Gasteiger partial charge in [-0.25, -0.2) is 0 Å². The maximum atomic E-state index is 11.2. The zero-order valence-corrected chi connectivity index (χ0v) is 9.14. The van der Waals surface area contributed by atoms with Gasteiger partial charge in [-0.2, -0.15) is 5.10 Å². The first-order valence-electron chi connectivity index (χ1n) is 5.04. The van der Waals surface area contributed by atoms with E-state index < -0.39 is 0 Å². The molecule has 84 valence electrons. The van der Waals surface area contributed by atoms with Crippen molar-refractivity contribution in [3.63, 3.8) is 0 Å². The van der Waals surface area contributed by atoms with Crippen LogP contribution in [0.1, 0.15) is 13.8 Å². The number of nitrogens with one attached hydrogen (secondary N) is 1. The highest BCUT2D eigenvalue weighted by atomic mass is 16.5. The summed E-state index contributed by atoms with van der Waals surface area (Å²) < 4.78 is 6.92. The topological polar surface area (TPSA) is 56.1 Å². The first-order chi connectivity index (χ1) is 7.18. The Bertz CT molecular complexity index is 283. The van der Waals surface area contributed by atoms with E-state index in [0.717, 1.165) is 0 Å². The fourth-order valence-electron chi connectivity index (χ4n) is 1.04. The number of hydrogen-bond donors (Lipinski definition) is 1. The molecule has 0 bridgehead atoms. The van der Waals surface area contributed by atoms with Crippen molar-refractivity contribution in [1.82, 2.24) is 15.1 Å². The fraction of sp³-hybridized carbons (Fsp3) is 0.600. The van der Waals surface area contributed by atoms with E-state index in [1.54, 1.807) is 10.9 Å². The van der Waals surface area contributed by atoms with Crippen molar-refractivity contribution in [3.05, 3.63) is 18.5 Å². The number of nitrogens with zero attached hydrogens (tertiary/aromatic N) is 2. The van der Waals surface area contributed by atoms with Crippen LogP contribution < -0.4 is 5.32 Å². The highest BCUT2D eigenvalue weighted by Crippen LogP contribution is 1.86. The minimum atomic E-state index is -0.0872. The molecule has 0 spiro atoms.